The molecule has 3 atom stereocenters. The molecule has 2 aromatic rings. The van der Waals surface area contributed by atoms with Gasteiger partial charge in [0, 0.05) is 0 Å². The third-order valence-corrected chi connectivity index (χ3v) is 3.85. The van der Waals surface area contributed by atoms with Gasteiger partial charge in [0.2, 0.25) is 0 Å². The van der Waals surface area contributed by atoms with Crippen molar-refractivity contribution >= 4 is 10.8 Å². The van der Waals surface area contributed by atoms with Gasteiger partial charge in [-0.15, -0.1) is 0 Å². The minimum Gasteiger partial charge on any atom is -0.373 e. The third kappa shape index (κ3) is 2.02. The van der Waals surface area contributed by atoms with Gasteiger partial charge in [-0.2, -0.15) is 0 Å². The molecule has 1 heterocycles. The van der Waals surface area contributed by atoms with Crippen molar-refractivity contribution in [2.45, 2.75) is 38.0 Å². The maximum absolute atomic E-state index is 6.40. The van der Waals surface area contributed by atoms with E-state index < -0.39 is 0 Å². The summed E-state index contributed by atoms with van der Waals surface area (Å²) in [4.78, 5) is 0. The van der Waals surface area contributed by atoms with Crippen LogP contribution in [0.1, 0.15) is 31.4 Å². The fraction of sp³-hybridized carbons (Fsp3) is 0.375. The van der Waals surface area contributed by atoms with Gasteiger partial charge in [-0.3, -0.25) is 0 Å². The van der Waals surface area contributed by atoms with E-state index in [0.29, 0.717) is 6.10 Å². The van der Waals surface area contributed by atoms with Crippen molar-refractivity contribution in [1.82, 2.24) is 0 Å². The van der Waals surface area contributed by atoms with Gasteiger partial charge >= 0.3 is 0 Å². The first-order chi connectivity index (χ1) is 8.75. The first kappa shape index (κ1) is 11.7. The van der Waals surface area contributed by atoms with Crippen LogP contribution < -0.4 is 5.73 Å². The molecule has 2 nitrogen and oxygen atoms in total. The van der Waals surface area contributed by atoms with E-state index in [9.17, 15) is 0 Å². The molecule has 1 aliphatic heterocycles. The van der Waals surface area contributed by atoms with Crippen molar-refractivity contribution in [2.24, 2.45) is 5.73 Å². The number of rotatable bonds is 2. The first-order valence-corrected chi connectivity index (χ1v) is 6.64. The number of ether oxygens (including phenoxy) is 1. The van der Waals surface area contributed by atoms with E-state index in [1.807, 2.05) is 0 Å². The van der Waals surface area contributed by atoms with E-state index >= 15 is 0 Å². The van der Waals surface area contributed by atoms with E-state index in [1.165, 1.54) is 16.3 Å². The molecule has 0 radical (unpaired) electrons. The average Bonchev–Trinajstić information content (AvgIpc) is 2.84. The number of fused-ring (bicyclic) bond motifs is 1. The lowest BCUT2D eigenvalue weighted by Gasteiger charge is -2.21. The minimum atomic E-state index is -0.0268. The van der Waals surface area contributed by atoms with Gasteiger partial charge < -0.3 is 10.5 Å². The van der Waals surface area contributed by atoms with Crippen LogP contribution in [0.5, 0.6) is 0 Å². The van der Waals surface area contributed by atoms with Gasteiger partial charge in [0.05, 0.1) is 18.2 Å². The molecule has 3 unspecified atom stereocenters. The van der Waals surface area contributed by atoms with Crippen molar-refractivity contribution < 1.29 is 4.74 Å². The summed E-state index contributed by atoms with van der Waals surface area (Å²) in [5, 5.41) is 2.49. The fourth-order valence-corrected chi connectivity index (χ4v) is 2.84. The molecule has 0 saturated carbocycles. The zero-order valence-corrected chi connectivity index (χ0v) is 10.7. The van der Waals surface area contributed by atoms with Gasteiger partial charge in [-0.25, -0.2) is 0 Å². The predicted octanol–water partition coefficient (Wildman–Crippen LogP) is 3.41. The van der Waals surface area contributed by atoms with Crippen LogP contribution in [-0.2, 0) is 4.74 Å². The molecule has 0 aromatic heterocycles. The van der Waals surface area contributed by atoms with Crippen molar-refractivity contribution in [2.75, 3.05) is 0 Å². The Hall–Kier alpha value is -1.38. The lowest BCUT2D eigenvalue weighted by Crippen LogP contribution is -2.26. The van der Waals surface area contributed by atoms with Gasteiger partial charge in [0.1, 0.15) is 0 Å². The maximum atomic E-state index is 6.40. The predicted molar refractivity (Wildman–Crippen MR) is 74.4 cm³/mol. The molecule has 1 saturated heterocycles. The summed E-state index contributed by atoms with van der Waals surface area (Å²) < 4.78 is 5.90. The second kappa shape index (κ2) is 4.71. The van der Waals surface area contributed by atoms with E-state index in [4.69, 9.17) is 10.5 Å². The second-order valence-electron chi connectivity index (χ2n) is 5.16. The molecule has 0 aliphatic carbocycles. The molecule has 1 fully saturated rings. The van der Waals surface area contributed by atoms with Gasteiger partial charge in [0.15, 0.2) is 0 Å². The number of benzene rings is 2. The Morgan fingerprint density at radius 2 is 1.89 bits per heavy atom. The van der Waals surface area contributed by atoms with Crippen LogP contribution in [0.25, 0.3) is 10.8 Å². The Bertz CT molecular complexity index is 546. The molecule has 0 amide bonds. The smallest absolute Gasteiger partial charge is 0.0772 e. The summed E-state index contributed by atoms with van der Waals surface area (Å²) in [7, 11) is 0. The summed E-state index contributed by atoms with van der Waals surface area (Å²) in [6.45, 7) is 2.12. The van der Waals surface area contributed by atoms with Gasteiger partial charge in [-0.1, -0.05) is 42.5 Å². The SMILES string of the molecule is CC1CCC(C(N)c2cccc3ccccc23)O1. The second-order valence-corrected chi connectivity index (χ2v) is 5.16. The van der Waals surface area contributed by atoms with Crippen LogP contribution in [0.15, 0.2) is 42.5 Å². The Morgan fingerprint density at radius 3 is 2.67 bits per heavy atom. The highest BCUT2D eigenvalue weighted by molar-refractivity contribution is 5.86. The quantitative estimate of drug-likeness (QED) is 0.874. The lowest BCUT2D eigenvalue weighted by molar-refractivity contribution is 0.0404. The third-order valence-electron chi connectivity index (χ3n) is 3.85. The summed E-state index contributed by atoms with van der Waals surface area (Å²) in [6.07, 6.45) is 2.68. The number of hydrogen-bond acceptors (Lipinski definition) is 2. The monoisotopic (exact) mass is 241 g/mol. The van der Waals surface area contributed by atoms with E-state index in [0.717, 1.165) is 12.8 Å². The molecular formula is C16H19NO. The van der Waals surface area contributed by atoms with Gasteiger partial charge in [0.25, 0.3) is 0 Å². The molecular weight excluding hydrogens is 222 g/mol. The van der Waals surface area contributed by atoms with Crippen molar-refractivity contribution in [3.8, 4) is 0 Å². The van der Waals surface area contributed by atoms with E-state index in [2.05, 4.69) is 49.4 Å². The van der Waals surface area contributed by atoms with Crippen LogP contribution in [0.4, 0.5) is 0 Å². The molecule has 2 N–H and O–H groups in total. The molecule has 2 heteroatoms. The lowest BCUT2D eigenvalue weighted by atomic mass is 9.95. The Kier molecular flexibility index (Phi) is 3.06. The summed E-state index contributed by atoms with van der Waals surface area (Å²) in [6, 6.07) is 14.7. The van der Waals surface area contributed by atoms with Crippen LogP contribution in [0, 0.1) is 0 Å². The molecule has 18 heavy (non-hydrogen) atoms. The topological polar surface area (TPSA) is 35.2 Å². The number of nitrogens with two attached hydrogens (primary N) is 1. The Labute approximate surface area is 108 Å². The standard InChI is InChI=1S/C16H19NO/c1-11-9-10-15(18-11)16(17)14-8-4-6-12-5-2-3-7-13(12)14/h2-8,11,15-16H,9-10,17H2,1H3. The average molecular weight is 241 g/mol. The molecule has 94 valence electrons. The minimum absolute atomic E-state index is 0.0268. The van der Waals surface area contributed by atoms with E-state index in [1.54, 1.807) is 0 Å². The first-order valence-electron chi connectivity index (χ1n) is 6.64. The molecule has 3 rings (SSSR count). The Balaban J connectivity index is 1.98. The molecule has 1 aliphatic rings. The highest BCUT2D eigenvalue weighted by atomic mass is 16.5. The van der Waals surface area contributed by atoms with Crippen LogP contribution in [0.3, 0.4) is 0 Å². The number of hydrogen-bond donors (Lipinski definition) is 1. The highest BCUT2D eigenvalue weighted by Crippen LogP contribution is 2.31. The van der Waals surface area contributed by atoms with Crippen molar-refractivity contribution in [3.05, 3.63) is 48.0 Å². The highest BCUT2D eigenvalue weighted by Gasteiger charge is 2.28. The van der Waals surface area contributed by atoms with Crippen molar-refractivity contribution in [1.29, 1.82) is 0 Å². The normalized spacial score (nSPS) is 25.4. The van der Waals surface area contributed by atoms with E-state index in [-0.39, 0.29) is 12.1 Å². The zero-order chi connectivity index (χ0) is 12.5. The molecule has 0 bridgehead atoms. The maximum Gasteiger partial charge on any atom is 0.0772 e. The van der Waals surface area contributed by atoms with Crippen LogP contribution in [0.2, 0.25) is 0 Å². The summed E-state index contributed by atoms with van der Waals surface area (Å²) >= 11 is 0. The fourth-order valence-electron chi connectivity index (χ4n) is 2.84. The summed E-state index contributed by atoms with van der Waals surface area (Å²) in [5.41, 5.74) is 7.60. The molecule has 2 aromatic carbocycles. The van der Waals surface area contributed by atoms with Gasteiger partial charge in [-0.05, 0) is 36.1 Å². The largest absolute Gasteiger partial charge is 0.373 e. The Morgan fingerprint density at radius 1 is 1.11 bits per heavy atom. The van der Waals surface area contributed by atoms with Crippen LogP contribution >= 0.6 is 0 Å². The van der Waals surface area contributed by atoms with Crippen molar-refractivity contribution in [3.63, 3.8) is 0 Å². The summed E-state index contributed by atoms with van der Waals surface area (Å²) in [5.74, 6) is 0. The van der Waals surface area contributed by atoms with Crippen LogP contribution in [-0.4, -0.2) is 12.2 Å². The molecule has 0 spiro atoms. The zero-order valence-electron chi connectivity index (χ0n) is 10.7.